The molecule has 0 fully saturated rings. The fraction of sp³-hybridized carbons (Fsp3) is 0.263. The highest BCUT2D eigenvalue weighted by atomic mass is 16.5. The third-order valence-corrected chi connectivity index (χ3v) is 3.67. The van der Waals surface area contributed by atoms with Crippen LogP contribution in [0.5, 0.6) is 0 Å². The number of carbonyl (C=O) groups excluding carboxylic acids is 2. The van der Waals surface area contributed by atoms with Crippen molar-refractivity contribution in [1.29, 1.82) is 0 Å². The molecule has 5 heteroatoms. The molecule has 0 aliphatic heterocycles. The Hall–Kier alpha value is -2.82. The van der Waals surface area contributed by atoms with Crippen molar-refractivity contribution in [3.8, 4) is 0 Å². The van der Waals surface area contributed by atoms with Gasteiger partial charge in [-0.25, -0.2) is 4.79 Å². The molecular formula is C19H22N2O3. The maximum Gasteiger partial charge on any atom is 0.337 e. The number of hydrogen-bond donors (Lipinski definition) is 2. The van der Waals surface area contributed by atoms with Crippen molar-refractivity contribution >= 4 is 23.3 Å². The lowest BCUT2D eigenvalue weighted by Crippen LogP contribution is -2.22. The standard InChI is InChI=1S/C19H22N2O3/c1-12-8-13(2)18(14(3)9-12)20-11-17(22)21-16-7-5-6-15(10-16)19(23)24-4/h5-10,20H,11H2,1-4H3,(H,21,22). The van der Waals surface area contributed by atoms with Gasteiger partial charge in [0.1, 0.15) is 0 Å². The molecule has 0 saturated heterocycles. The zero-order valence-corrected chi connectivity index (χ0v) is 14.4. The minimum atomic E-state index is -0.435. The number of methoxy groups -OCH3 is 1. The predicted octanol–water partition coefficient (Wildman–Crippen LogP) is 3.45. The van der Waals surface area contributed by atoms with Crippen LogP contribution in [-0.2, 0) is 9.53 Å². The first-order valence-electron chi connectivity index (χ1n) is 7.70. The summed E-state index contributed by atoms with van der Waals surface area (Å²) >= 11 is 0. The number of amides is 1. The van der Waals surface area contributed by atoms with Gasteiger partial charge in [0.25, 0.3) is 0 Å². The summed E-state index contributed by atoms with van der Waals surface area (Å²) in [5, 5.41) is 5.95. The molecule has 0 aliphatic rings. The monoisotopic (exact) mass is 326 g/mol. The fourth-order valence-corrected chi connectivity index (χ4v) is 2.67. The number of rotatable bonds is 5. The van der Waals surface area contributed by atoms with Crippen molar-refractivity contribution in [2.45, 2.75) is 20.8 Å². The zero-order chi connectivity index (χ0) is 17.7. The van der Waals surface area contributed by atoms with Crippen LogP contribution in [0.25, 0.3) is 0 Å². The first-order chi connectivity index (χ1) is 11.4. The summed E-state index contributed by atoms with van der Waals surface area (Å²) in [5.74, 6) is -0.619. The van der Waals surface area contributed by atoms with E-state index in [9.17, 15) is 9.59 Å². The molecule has 0 radical (unpaired) electrons. The normalized spacial score (nSPS) is 10.2. The lowest BCUT2D eigenvalue weighted by molar-refractivity contribution is -0.114. The molecule has 2 N–H and O–H groups in total. The van der Waals surface area contributed by atoms with Gasteiger partial charge in [-0.3, -0.25) is 4.79 Å². The third-order valence-electron chi connectivity index (χ3n) is 3.67. The van der Waals surface area contributed by atoms with Gasteiger partial charge in [-0.15, -0.1) is 0 Å². The van der Waals surface area contributed by atoms with E-state index in [4.69, 9.17) is 0 Å². The number of hydrogen-bond acceptors (Lipinski definition) is 4. The van der Waals surface area contributed by atoms with E-state index in [0.717, 1.165) is 16.8 Å². The quantitative estimate of drug-likeness (QED) is 0.826. The van der Waals surface area contributed by atoms with Crippen molar-refractivity contribution in [2.75, 3.05) is 24.3 Å². The molecule has 0 heterocycles. The lowest BCUT2D eigenvalue weighted by Gasteiger charge is -2.14. The number of nitrogens with one attached hydrogen (secondary N) is 2. The van der Waals surface area contributed by atoms with Gasteiger partial charge in [-0.05, 0) is 50.1 Å². The highest BCUT2D eigenvalue weighted by molar-refractivity contribution is 5.96. The van der Waals surface area contributed by atoms with Crippen molar-refractivity contribution in [3.05, 3.63) is 58.7 Å². The Morgan fingerprint density at radius 2 is 1.71 bits per heavy atom. The minimum Gasteiger partial charge on any atom is -0.465 e. The topological polar surface area (TPSA) is 67.4 Å². The van der Waals surface area contributed by atoms with E-state index in [0.29, 0.717) is 11.3 Å². The molecule has 0 aromatic heterocycles. The van der Waals surface area contributed by atoms with Crippen LogP contribution in [0.15, 0.2) is 36.4 Å². The highest BCUT2D eigenvalue weighted by Gasteiger charge is 2.09. The number of ether oxygens (including phenoxy) is 1. The van der Waals surface area contributed by atoms with Crippen LogP contribution in [0.4, 0.5) is 11.4 Å². The molecule has 2 rings (SSSR count). The molecule has 0 bridgehead atoms. The van der Waals surface area contributed by atoms with Crippen LogP contribution >= 0.6 is 0 Å². The smallest absolute Gasteiger partial charge is 0.337 e. The predicted molar refractivity (Wildman–Crippen MR) is 95.6 cm³/mol. The molecular weight excluding hydrogens is 304 g/mol. The second-order valence-corrected chi connectivity index (χ2v) is 5.75. The summed E-state index contributed by atoms with van der Waals surface area (Å²) in [6.45, 7) is 6.22. The van der Waals surface area contributed by atoms with Crippen molar-refractivity contribution in [2.24, 2.45) is 0 Å². The van der Waals surface area contributed by atoms with Crippen LogP contribution < -0.4 is 10.6 Å². The first-order valence-corrected chi connectivity index (χ1v) is 7.70. The second kappa shape index (κ2) is 7.64. The van der Waals surface area contributed by atoms with Crippen LogP contribution in [0.2, 0.25) is 0 Å². The maximum absolute atomic E-state index is 12.1. The van der Waals surface area contributed by atoms with E-state index < -0.39 is 5.97 Å². The Labute approximate surface area is 142 Å². The molecule has 0 atom stereocenters. The zero-order valence-electron chi connectivity index (χ0n) is 14.4. The van der Waals surface area contributed by atoms with Gasteiger partial charge in [0.15, 0.2) is 0 Å². The highest BCUT2D eigenvalue weighted by Crippen LogP contribution is 2.21. The molecule has 2 aromatic carbocycles. The Bertz CT molecular complexity index is 746. The van der Waals surface area contributed by atoms with Crippen LogP contribution in [-0.4, -0.2) is 25.5 Å². The van der Waals surface area contributed by atoms with E-state index in [1.54, 1.807) is 24.3 Å². The number of anilines is 2. The summed E-state index contributed by atoms with van der Waals surface area (Å²) in [7, 11) is 1.32. The molecule has 5 nitrogen and oxygen atoms in total. The third kappa shape index (κ3) is 4.35. The molecule has 126 valence electrons. The maximum atomic E-state index is 12.1. The van der Waals surface area contributed by atoms with E-state index in [-0.39, 0.29) is 12.5 Å². The molecule has 0 spiro atoms. The Morgan fingerprint density at radius 1 is 1.04 bits per heavy atom. The number of esters is 1. The van der Waals surface area contributed by atoms with E-state index in [1.807, 2.05) is 20.8 Å². The van der Waals surface area contributed by atoms with Crippen molar-refractivity contribution < 1.29 is 14.3 Å². The molecule has 24 heavy (non-hydrogen) atoms. The summed E-state index contributed by atoms with van der Waals surface area (Å²) in [6, 6.07) is 10.8. The van der Waals surface area contributed by atoms with Crippen molar-refractivity contribution in [3.63, 3.8) is 0 Å². The number of benzene rings is 2. The molecule has 2 aromatic rings. The van der Waals surface area contributed by atoms with Crippen LogP contribution in [0.3, 0.4) is 0 Å². The Morgan fingerprint density at radius 3 is 2.33 bits per heavy atom. The average molecular weight is 326 g/mol. The summed E-state index contributed by atoms with van der Waals surface area (Å²) in [5.41, 5.74) is 5.33. The number of carbonyl (C=O) groups is 2. The molecule has 1 amide bonds. The molecule has 0 saturated carbocycles. The van der Waals surface area contributed by atoms with Gasteiger partial charge < -0.3 is 15.4 Å². The molecule has 0 aliphatic carbocycles. The van der Waals surface area contributed by atoms with Crippen molar-refractivity contribution in [1.82, 2.24) is 0 Å². The second-order valence-electron chi connectivity index (χ2n) is 5.75. The molecule has 0 unspecified atom stereocenters. The summed E-state index contributed by atoms with van der Waals surface area (Å²) in [4.78, 5) is 23.7. The van der Waals surface area contributed by atoms with Gasteiger partial charge in [-0.2, -0.15) is 0 Å². The van der Waals surface area contributed by atoms with Gasteiger partial charge in [0.05, 0.1) is 19.2 Å². The summed E-state index contributed by atoms with van der Waals surface area (Å²) < 4.78 is 4.67. The summed E-state index contributed by atoms with van der Waals surface area (Å²) in [6.07, 6.45) is 0. The van der Waals surface area contributed by atoms with Gasteiger partial charge in [-0.1, -0.05) is 23.8 Å². The first kappa shape index (κ1) is 17.5. The number of aryl methyl sites for hydroxylation is 3. The van der Waals surface area contributed by atoms with E-state index >= 15 is 0 Å². The Balaban J connectivity index is 2.01. The van der Waals surface area contributed by atoms with Crippen LogP contribution in [0, 0.1) is 20.8 Å². The largest absolute Gasteiger partial charge is 0.465 e. The Kier molecular flexibility index (Phi) is 5.58. The van der Waals surface area contributed by atoms with Gasteiger partial charge in [0.2, 0.25) is 5.91 Å². The fourth-order valence-electron chi connectivity index (χ4n) is 2.67. The SMILES string of the molecule is COC(=O)c1cccc(NC(=O)CNc2c(C)cc(C)cc2C)c1. The van der Waals surface area contributed by atoms with Gasteiger partial charge >= 0.3 is 5.97 Å². The van der Waals surface area contributed by atoms with Crippen LogP contribution in [0.1, 0.15) is 27.0 Å². The average Bonchev–Trinajstić information content (AvgIpc) is 2.53. The van der Waals surface area contributed by atoms with Gasteiger partial charge in [0, 0.05) is 11.4 Å². The lowest BCUT2D eigenvalue weighted by atomic mass is 10.1. The van der Waals surface area contributed by atoms with E-state index in [2.05, 4.69) is 27.5 Å². The minimum absolute atomic E-state index is 0.146. The van der Waals surface area contributed by atoms with E-state index in [1.165, 1.54) is 12.7 Å².